The topological polar surface area (TPSA) is 50.8 Å². The van der Waals surface area contributed by atoms with E-state index < -0.39 is 18.2 Å². The zero-order valence-corrected chi connectivity index (χ0v) is 13.9. The molecule has 2 fully saturated rings. The summed E-state index contributed by atoms with van der Waals surface area (Å²) in [5, 5.41) is 4.68. The number of rotatable bonds is 4. The maximum atomic E-state index is 12.6. The SMILES string of the molecule is CC1(N[C@@H]2CCN(OC(=O)C(F)(F)F)[C@H](c3ccccc3)C2)COC1. The number of piperidine rings is 1. The van der Waals surface area contributed by atoms with Crippen LogP contribution in [0.3, 0.4) is 0 Å². The Labute approximate surface area is 144 Å². The summed E-state index contributed by atoms with van der Waals surface area (Å²) in [7, 11) is 0. The van der Waals surface area contributed by atoms with Crippen LogP contribution in [-0.2, 0) is 14.4 Å². The van der Waals surface area contributed by atoms with Crippen molar-refractivity contribution >= 4 is 5.97 Å². The van der Waals surface area contributed by atoms with Crippen LogP contribution in [0.4, 0.5) is 13.2 Å². The molecule has 0 spiro atoms. The van der Waals surface area contributed by atoms with Crippen molar-refractivity contribution in [1.29, 1.82) is 0 Å². The van der Waals surface area contributed by atoms with E-state index in [1.54, 1.807) is 0 Å². The van der Waals surface area contributed by atoms with Gasteiger partial charge in [0.15, 0.2) is 0 Å². The smallest absolute Gasteiger partial charge is 0.377 e. The van der Waals surface area contributed by atoms with Crippen LogP contribution in [0.2, 0.25) is 0 Å². The summed E-state index contributed by atoms with van der Waals surface area (Å²) in [6, 6.07) is 8.81. The third-order valence-corrected chi connectivity index (χ3v) is 4.56. The Morgan fingerprint density at radius 3 is 2.56 bits per heavy atom. The maximum absolute atomic E-state index is 12.6. The van der Waals surface area contributed by atoms with Crippen molar-refractivity contribution in [3.8, 4) is 0 Å². The van der Waals surface area contributed by atoms with Crippen molar-refractivity contribution in [3.05, 3.63) is 35.9 Å². The van der Waals surface area contributed by atoms with Gasteiger partial charge in [-0.2, -0.15) is 13.2 Å². The standard InChI is InChI=1S/C17H21F3N2O3/c1-16(10-24-11-16)21-13-7-8-22(25-15(23)17(18,19)20)14(9-13)12-5-3-2-4-6-12/h2-6,13-14,21H,7-11H2,1H3/t13-,14+/m1/s1. The first kappa shape index (κ1) is 18.2. The van der Waals surface area contributed by atoms with Crippen LogP contribution in [0.5, 0.6) is 0 Å². The van der Waals surface area contributed by atoms with Gasteiger partial charge in [0.2, 0.25) is 0 Å². The van der Waals surface area contributed by atoms with E-state index >= 15 is 0 Å². The summed E-state index contributed by atoms with van der Waals surface area (Å²) in [5.41, 5.74) is 0.718. The fourth-order valence-corrected chi connectivity index (χ4v) is 3.30. The summed E-state index contributed by atoms with van der Waals surface area (Å²) >= 11 is 0. The second kappa shape index (κ2) is 6.93. The molecule has 0 bridgehead atoms. The molecule has 1 aromatic carbocycles. The van der Waals surface area contributed by atoms with Gasteiger partial charge in [-0.3, -0.25) is 0 Å². The van der Waals surface area contributed by atoms with Gasteiger partial charge in [0, 0.05) is 12.6 Å². The van der Waals surface area contributed by atoms with E-state index in [2.05, 4.69) is 17.1 Å². The van der Waals surface area contributed by atoms with E-state index in [0.717, 1.165) is 10.6 Å². The highest BCUT2D eigenvalue weighted by Gasteiger charge is 2.45. The van der Waals surface area contributed by atoms with Crippen LogP contribution in [0.1, 0.15) is 31.4 Å². The van der Waals surface area contributed by atoms with Gasteiger partial charge < -0.3 is 14.9 Å². The number of nitrogens with one attached hydrogen (secondary N) is 1. The molecular weight excluding hydrogens is 337 g/mol. The molecule has 0 radical (unpaired) electrons. The highest BCUT2D eigenvalue weighted by atomic mass is 19.4. The number of carbonyl (C=O) groups is 1. The molecule has 2 aliphatic rings. The molecule has 0 saturated carbocycles. The van der Waals surface area contributed by atoms with Crippen molar-refractivity contribution in [3.63, 3.8) is 0 Å². The van der Waals surface area contributed by atoms with Crippen LogP contribution in [-0.4, -0.2) is 48.5 Å². The monoisotopic (exact) mass is 358 g/mol. The molecule has 0 aromatic heterocycles. The van der Waals surface area contributed by atoms with E-state index in [4.69, 9.17) is 4.74 Å². The molecule has 2 aliphatic heterocycles. The van der Waals surface area contributed by atoms with Crippen molar-refractivity contribution in [1.82, 2.24) is 10.4 Å². The van der Waals surface area contributed by atoms with E-state index in [9.17, 15) is 18.0 Å². The van der Waals surface area contributed by atoms with E-state index in [1.165, 1.54) is 0 Å². The van der Waals surface area contributed by atoms with Gasteiger partial charge in [-0.15, -0.1) is 5.06 Å². The fraction of sp³-hybridized carbons (Fsp3) is 0.588. The minimum Gasteiger partial charge on any atom is -0.377 e. The van der Waals surface area contributed by atoms with E-state index in [-0.39, 0.29) is 18.1 Å². The lowest BCUT2D eigenvalue weighted by molar-refractivity contribution is -0.252. The average Bonchev–Trinajstić information content (AvgIpc) is 2.54. The highest BCUT2D eigenvalue weighted by Crippen LogP contribution is 2.34. The Kier molecular flexibility index (Phi) is 5.04. The summed E-state index contributed by atoms with van der Waals surface area (Å²) < 4.78 is 42.9. The molecule has 8 heteroatoms. The van der Waals surface area contributed by atoms with Crippen LogP contribution in [0.15, 0.2) is 30.3 Å². The lowest BCUT2D eigenvalue weighted by atomic mass is 9.90. The minimum atomic E-state index is -5.01. The molecule has 0 unspecified atom stereocenters. The summed E-state index contributed by atoms with van der Waals surface area (Å²) in [4.78, 5) is 15.9. The van der Waals surface area contributed by atoms with Gasteiger partial charge >= 0.3 is 12.1 Å². The highest BCUT2D eigenvalue weighted by molar-refractivity contribution is 5.75. The number of hydrogen-bond donors (Lipinski definition) is 1. The van der Waals surface area contributed by atoms with Crippen LogP contribution in [0, 0.1) is 0 Å². The van der Waals surface area contributed by atoms with Gasteiger partial charge in [0.25, 0.3) is 0 Å². The zero-order valence-electron chi connectivity index (χ0n) is 13.9. The second-order valence-electron chi connectivity index (χ2n) is 6.86. The molecule has 2 saturated heterocycles. The van der Waals surface area contributed by atoms with E-state index in [0.29, 0.717) is 26.1 Å². The molecule has 0 aliphatic carbocycles. The second-order valence-corrected chi connectivity index (χ2v) is 6.86. The Balaban J connectivity index is 1.73. The summed E-state index contributed by atoms with van der Waals surface area (Å²) in [6.07, 6.45) is -3.87. The Hall–Kier alpha value is -1.64. The molecule has 2 atom stereocenters. The molecule has 25 heavy (non-hydrogen) atoms. The third-order valence-electron chi connectivity index (χ3n) is 4.56. The molecule has 2 heterocycles. The lowest BCUT2D eigenvalue weighted by Gasteiger charge is -2.45. The van der Waals surface area contributed by atoms with Crippen molar-refractivity contribution in [2.75, 3.05) is 19.8 Å². The van der Waals surface area contributed by atoms with Crippen molar-refractivity contribution in [2.24, 2.45) is 0 Å². The first-order valence-corrected chi connectivity index (χ1v) is 8.23. The van der Waals surface area contributed by atoms with Crippen LogP contribution < -0.4 is 5.32 Å². The number of hydroxylamine groups is 2. The fourth-order valence-electron chi connectivity index (χ4n) is 3.30. The normalized spacial score (nSPS) is 26.7. The largest absolute Gasteiger partial charge is 0.492 e. The Morgan fingerprint density at radius 2 is 2.00 bits per heavy atom. The molecule has 1 aromatic rings. The Bertz CT molecular complexity index is 605. The zero-order chi connectivity index (χ0) is 18.1. The van der Waals surface area contributed by atoms with Gasteiger partial charge in [0.1, 0.15) is 0 Å². The molecular formula is C17H21F3N2O3. The quantitative estimate of drug-likeness (QED) is 0.897. The Morgan fingerprint density at radius 1 is 1.32 bits per heavy atom. The van der Waals surface area contributed by atoms with Crippen LogP contribution in [0.25, 0.3) is 0 Å². The van der Waals surface area contributed by atoms with Gasteiger partial charge in [-0.25, -0.2) is 4.79 Å². The number of halogens is 3. The number of hydrogen-bond acceptors (Lipinski definition) is 5. The average molecular weight is 358 g/mol. The third kappa shape index (κ3) is 4.31. The number of nitrogens with zero attached hydrogens (tertiary/aromatic N) is 1. The summed E-state index contributed by atoms with van der Waals surface area (Å²) in [6.45, 7) is 3.53. The molecule has 138 valence electrons. The van der Waals surface area contributed by atoms with Gasteiger partial charge in [-0.05, 0) is 25.3 Å². The molecule has 1 N–H and O–H groups in total. The lowest BCUT2D eigenvalue weighted by Crippen LogP contribution is -2.62. The van der Waals surface area contributed by atoms with Crippen molar-refractivity contribution < 1.29 is 27.5 Å². The number of carbonyl (C=O) groups excluding carboxylic acids is 1. The number of benzene rings is 1. The molecule has 5 nitrogen and oxygen atoms in total. The first-order valence-electron chi connectivity index (χ1n) is 8.23. The predicted octanol–water partition coefficient (Wildman–Crippen LogP) is 2.59. The summed E-state index contributed by atoms with van der Waals surface area (Å²) in [5.74, 6) is -2.18. The maximum Gasteiger partial charge on any atom is 0.492 e. The van der Waals surface area contributed by atoms with Gasteiger partial charge in [0.05, 0.1) is 24.8 Å². The minimum absolute atomic E-state index is 0.100. The first-order chi connectivity index (χ1) is 11.8. The van der Waals surface area contributed by atoms with Crippen molar-refractivity contribution in [2.45, 2.75) is 43.6 Å². The van der Waals surface area contributed by atoms with Crippen LogP contribution >= 0.6 is 0 Å². The molecule has 0 amide bonds. The van der Waals surface area contributed by atoms with Gasteiger partial charge in [-0.1, -0.05) is 30.3 Å². The molecule has 3 rings (SSSR count). The number of alkyl halides is 3. The number of ether oxygens (including phenoxy) is 1. The van der Waals surface area contributed by atoms with E-state index in [1.807, 2.05) is 30.3 Å². The predicted molar refractivity (Wildman–Crippen MR) is 83.4 cm³/mol.